The standard InChI is InChI=1S/C12H13FO2/c1-9(2)7-8-15-12(14)10-3-5-11(13)6-4-10/h3-7H,8H2,1-2H3. The molecule has 15 heavy (non-hydrogen) atoms. The molecule has 0 unspecified atom stereocenters. The number of carbonyl (C=O) groups excluding carboxylic acids is 1. The van der Waals surface area contributed by atoms with Gasteiger partial charge in [0.1, 0.15) is 12.4 Å². The summed E-state index contributed by atoms with van der Waals surface area (Å²) in [7, 11) is 0. The largest absolute Gasteiger partial charge is 0.458 e. The molecule has 0 aliphatic rings. The van der Waals surface area contributed by atoms with E-state index in [9.17, 15) is 9.18 Å². The Bertz CT molecular complexity index is 362. The highest BCUT2D eigenvalue weighted by atomic mass is 19.1. The molecule has 0 saturated heterocycles. The summed E-state index contributed by atoms with van der Waals surface area (Å²) in [6, 6.07) is 5.27. The molecule has 1 rings (SSSR count). The van der Waals surface area contributed by atoms with Crippen molar-refractivity contribution in [3.63, 3.8) is 0 Å². The van der Waals surface area contributed by atoms with Gasteiger partial charge in [-0.25, -0.2) is 9.18 Å². The highest BCUT2D eigenvalue weighted by Gasteiger charge is 2.05. The quantitative estimate of drug-likeness (QED) is 0.564. The van der Waals surface area contributed by atoms with Gasteiger partial charge in [-0.1, -0.05) is 5.57 Å². The molecular weight excluding hydrogens is 195 g/mol. The molecule has 0 saturated carbocycles. The Kier molecular flexibility index (Phi) is 4.03. The van der Waals surface area contributed by atoms with Crippen molar-refractivity contribution in [3.05, 3.63) is 47.3 Å². The Balaban J connectivity index is 2.54. The summed E-state index contributed by atoms with van der Waals surface area (Å²) in [5.74, 6) is -0.802. The highest BCUT2D eigenvalue weighted by molar-refractivity contribution is 5.89. The van der Waals surface area contributed by atoms with Crippen LogP contribution in [0.25, 0.3) is 0 Å². The van der Waals surface area contributed by atoms with Crippen LogP contribution in [-0.4, -0.2) is 12.6 Å². The minimum absolute atomic E-state index is 0.249. The van der Waals surface area contributed by atoms with E-state index >= 15 is 0 Å². The molecule has 80 valence electrons. The lowest BCUT2D eigenvalue weighted by atomic mass is 10.2. The van der Waals surface area contributed by atoms with E-state index in [0.29, 0.717) is 5.56 Å². The van der Waals surface area contributed by atoms with Crippen molar-refractivity contribution in [2.45, 2.75) is 13.8 Å². The van der Waals surface area contributed by atoms with Crippen LogP contribution in [0.1, 0.15) is 24.2 Å². The smallest absolute Gasteiger partial charge is 0.338 e. The van der Waals surface area contributed by atoms with Crippen molar-refractivity contribution in [2.24, 2.45) is 0 Å². The molecule has 0 heterocycles. The lowest BCUT2D eigenvalue weighted by Crippen LogP contribution is -2.05. The van der Waals surface area contributed by atoms with E-state index in [1.165, 1.54) is 24.3 Å². The zero-order valence-electron chi connectivity index (χ0n) is 8.79. The number of ether oxygens (including phenoxy) is 1. The first-order valence-electron chi connectivity index (χ1n) is 4.65. The van der Waals surface area contributed by atoms with Gasteiger partial charge >= 0.3 is 5.97 Å². The Labute approximate surface area is 88.4 Å². The summed E-state index contributed by atoms with van der Waals surface area (Å²) >= 11 is 0. The Hall–Kier alpha value is -1.64. The number of hydrogen-bond donors (Lipinski definition) is 0. The third-order valence-corrected chi connectivity index (χ3v) is 1.79. The molecule has 1 aromatic rings. The number of halogens is 1. The summed E-state index contributed by atoms with van der Waals surface area (Å²) in [4.78, 5) is 11.4. The maximum absolute atomic E-state index is 12.5. The SMILES string of the molecule is CC(C)=CCOC(=O)c1ccc(F)cc1. The van der Waals surface area contributed by atoms with E-state index < -0.39 is 5.97 Å². The van der Waals surface area contributed by atoms with Crippen LogP contribution in [0, 0.1) is 5.82 Å². The predicted octanol–water partition coefficient (Wildman–Crippen LogP) is 2.95. The second-order valence-electron chi connectivity index (χ2n) is 3.39. The number of hydrogen-bond acceptors (Lipinski definition) is 2. The Morgan fingerprint density at radius 2 is 1.93 bits per heavy atom. The van der Waals surface area contributed by atoms with Gasteiger partial charge in [0.05, 0.1) is 5.56 Å². The number of benzene rings is 1. The van der Waals surface area contributed by atoms with Gasteiger partial charge in [-0.2, -0.15) is 0 Å². The normalized spacial score (nSPS) is 9.53. The predicted molar refractivity (Wildman–Crippen MR) is 56.1 cm³/mol. The molecule has 0 spiro atoms. The van der Waals surface area contributed by atoms with Gasteiger partial charge in [-0.05, 0) is 44.2 Å². The average Bonchev–Trinajstić information content (AvgIpc) is 2.18. The van der Waals surface area contributed by atoms with Gasteiger partial charge in [0, 0.05) is 0 Å². The molecule has 0 amide bonds. The lowest BCUT2D eigenvalue weighted by molar-refractivity contribution is 0.0549. The maximum Gasteiger partial charge on any atom is 0.338 e. The van der Waals surface area contributed by atoms with E-state index in [1.807, 2.05) is 13.8 Å². The van der Waals surface area contributed by atoms with Crippen molar-refractivity contribution >= 4 is 5.97 Å². The van der Waals surface area contributed by atoms with Gasteiger partial charge in [-0.3, -0.25) is 0 Å². The molecule has 0 aliphatic carbocycles. The first-order valence-corrected chi connectivity index (χ1v) is 4.65. The zero-order chi connectivity index (χ0) is 11.3. The van der Waals surface area contributed by atoms with Gasteiger partial charge in [0.25, 0.3) is 0 Å². The van der Waals surface area contributed by atoms with E-state index in [4.69, 9.17) is 4.74 Å². The summed E-state index contributed by atoms with van der Waals surface area (Å²) < 4.78 is 17.5. The number of carbonyl (C=O) groups is 1. The van der Waals surface area contributed by atoms with Crippen molar-refractivity contribution in [3.8, 4) is 0 Å². The molecule has 0 bridgehead atoms. The Morgan fingerprint density at radius 3 is 2.47 bits per heavy atom. The van der Waals surface area contributed by atoms with Crippen LogP contribution in [0.4, 0.5) is 4.39 Å². The third kappa shape index (κ3) is 3.94. The second kappa shape index (κ2) is 5.29. The van der Waals surface area contributed by atoms with Crippen LogP contribution in [0.3, 0.4) is 0 Å². The van der Waals surface area contributed by atoms with Crippen molar-refractivity contribution in [2.75, 3.05) is 6.61 Å². The summed E-state index contributed by atoms with van der Waals surface area (Å²) in [6.45, 7) is 4.09. The van der Waals surface area contributed by atoms with Gasteiger partial charge in [-0.15, -0.1) is 0 Å². The molecule has 0 fully saturated rings. The molecule has 3 heteroatoms. The Morgan fingerprint density at radius 1 is 1.33 bits per heavy atom. The molecule has 0 aromatic heterocycles. The third-order valence-electron chi connectivity index (χ3n) is 1.79. The van der Waals surface area contributed by atoms with E-state index in [2.05, 4.69) is 0 Å². The molecule has 0 N–H and O–H groups in total. The minimum atomic E-state index is -0.438. The number of rotatable bonds is 3. The van der Waals surface area contributed by atoms with Crippen LogP contribution < -0.4 is 0 Å². The summed E-state index contributed by atoms with van der Waals surface area (Å²) in [5.41, 5.74) is 1.44. The van der Waals surface area contributed by atoms with E-state index in [1.54, 1.807) is 6.08 Å². The second-order valence-corrected chi connectivity index (χ2v) is 3.39. The van der Waals surface area contributed by atoms with Gasteiger partial charge < -0.3 is 4.74 Å². The molecule has 2 nitrogen and oxygen atoms in total. The average molecular weight is 208 g/mol. The van der Waals surface area contributed by atoms with Crippen LogP contribution >= 0.6 is 0 Å². The fourth-order valence-electron chi connectivity index (χ4n) is 0.953. The van der Waals surface area contributed by atoms with Gasteiger partial charge in [0.2, 0.25) is 0 Å². The molecule has 0 atom stereocenters. The molecule has 0 radical (unpaired) electrons. The monoisotopic (exact) mass is 208 g/mol. The van der Waals surface area contributed by atoms with Gasteiger partial charge in [0.15, 0.2) is 0 Å². The van der Waals surface area contributed by atoms with Crippen LogP contribution in [-0.2, 0) is 4.74 Å². The molecule has 1 aromatic carbocycles. The lowest BCUT2D eigenvalue weighted by Gasteiger charge is -2.01. The van der Waals surface area contributed by atoms with Crippen molar-refractivity contribution in [1.82, 2.24) is 0 Å². The summed E-state index contributed by atoms with van der Waals surface area (Å²) in [6.07, 6.45) is 1.81. The maximum atomic E-state index is 12.5. The van der Waals surface area contributed by atoms with Crippen LogP contribution in [0.15, 0.2) is 35.9 Å². The minimum Gasteiger partial charge on any atom is -0.458 e. The fraction of sp³-hybridized carbons (Fsp3) is 0.250. The van der Waals surface area contributed by atoms with E-state index in [-0.39, 0.29) is 12.4 Å². The molecule has 0 aliphatic heterocycles. The topological polar surface area (TPSA) is 26.3 Å². The summed E-state index contributed by atoms with van der Waals surface area (Å²) in [5, 5.41) is 0. The number of allylic oxidation sites excluding steroid dienone is 1. The van der Waals surface area contributed by atoms with Crippen molar-refractivity contribution < 1.29 is 13.9 Å². The van der Waals surface area contributed by atoms with Crippen LogP contribution in [0.2, 0.25) is 0 Å². The van der Waals surface area contributed by atoms with E-state index in [0.717, 1.165) is 5.57 Å². The molecular formula is C12H13FO2. The van der Waals surface area contributed by atoms with Crippen LogP contribution in [0.5, 0.6) is 0 Å². The van der Waals surface area contributed by atoms with Crippen molar-refractivity contribution in [1.29, 1.82) is 0 Å². The highest BCUT2D eigenvalue weighted by Crippen LogP contribution is 2.04. The fourth-order valence-corrected chi connectivity index (χ4v) is 0.953. The first-order chi connectivity index (χ1) is 7.09. The number of esters is 1. The zero-order valence-corrected chi connectivity index (χ0v) is 8.79. The first kappa shape index (κ1) is 11.4.